The van der Waals surface area contributed by atoms with Crippen molar-refractivity contribution in [1.82, 2.24) is 14.5 Å². The van der Waals surface area contributed by atoms with Crippen LogP contribution >= 0.6 is 0 Å². The lowest BCUT2D eigenvalue weighted by Gasteiger charge is -2.02. The summed E-state index contributed by atoms with van der Waals surface area (Å²) in [4.78, 5) is 19.8. The SMILES string of the molecule is CNc1ncc(-c2ccc3oc(=O)n(C)c3c2)cn1. The zero-order chi connectivity index (χ0) is 13.4. The number of rotatable bonds is 2. The Bertz CT molecular complexity index is 787. The summed E-state index contributed by atoms with van der Waals surface area (Å²) in [6.45, 7) is 0. The van der Waals surface area contributed by atoms with Gasteiger partial charge in [0, 0.05) is 32.1 Å². The van der Waals surface area contributed by atoms with E-state index >= 15 is 0 Å². The van der Waals surface area contributed by atoms with E-state index in [4.69, 9.17) is 4.42 Å². The molecule has 3 aromatic rings. The molecule has 0 aliphatic rings. The number of oxazole rings is 1. The molecule has 6 heteroatoms. The predicted octanol–water partition coefficient (Wildman–Crippen LogP) is 1.63. The zero-order valence-corrected chi connectivity index (χ0v) is 10.5. The first-order chi connectivity index (χ1) is 9.19. The number of hydrogen-bond donors (Lipinski definition) is 1. The third kappa shape index (κ3) is 1.87. The molecule has 0 unspecified atom stereocenters. The molecule has 0 spiro atoms. The largest absolute Gasteiger partial charge is 0.419 e. The van der Waals surface area contributed by atoms with Crippen molar-refractivity contribution in [3.8, 4) is 11.1 Å². The second-order valence-electron chi connectivity index (χ2n) is 4.15. The number of anilines is 1. The van der Waals surface area contributed by atoms with Gasteiger partial charge in [-0.25, -0.2) is 14.8 Å². The van der Waals surface area contributed by atoms with Crippen molar-refractivity contribution in [2.24, 2.45) is 7.05 Å². The molecule has 0 aliphatic carbocycles. The minimum Gasteiger partial charge on any atom is -0.408 e. The number of nitrogens with one attached hydrogen (secondary N) is 1. The third-order valence-electron chi connectivity index (χ3n) is 3.00. The molecular formula is C13H12N4O2. The summed E-state index contributed by atoms with van der Waals surface area (Å²) < 4.78 is 6.57. The van der Waals surface area contributed by atoms with Crippen LogP contribution in [0.2, 0.25) is 0 Å². The van der Waals surface area contributed by atoms with Gasteiger partial charge in [-0.2, -0.15) is 0 Å². The number of aryl methyl sites for hydroxylation is 1. The van der Waals surface area contributed by atoms with Crippen molar-refractivity contribution < 1.29 is 4.42 Å². The van der Waals surface area contributed by atoms with E-state index in [2.05, 4.69) is 15.3 Å². The van der Waals surface area contributed by atoms with E-state index in [9.17, 15) is 4.79 Å². The number of hydrogen-bond acceptors (Lipinski definition) is 5. The fourth-order valence-corrected chi connectivity index (χ4v) is 1.91. The van der Waals surface area contributed by atoms with Crippen LogP contribution in [-0.4, -0.2) is 21.6 Å². The summed E-state index contributed by atoms with van der Waals surface area (Å²) in [5, 5.41) is 2.87. The van der Waals surface area contributed by atoms with Crippen LogP contribution < -0.4 is 11.1 Å². The van der Waals surface area contributed by atoms with Crippen molar-refractivity contribution in [2.45, 2.75) is 0 Å². The van der Waals surface area contributed by atoms with Gasteiger partial charge in [-0.1, -0.05) is 6.07 Å². The van der Waals surface area contributed by atoms with Gasteiger partial charge >= 0.3 is 5.76 Å². The maximum atomic E-state index is 11.4. The van der Waals surface area contributed by atoms with Crippen LogP contribution in [0, 0.1) is 0 Å². The first-order valence-corrected chi connectivity index (χ1v) is 5.79. The highest BCUT2D eigenvalue weighted by Gasteiger charge is 2.08. The van der Waals surface area contributed by atoms with Gasteiger partial charge in [-0.05, 0) is 17.7 Å². The van der Waals surface area contributed by atoms with Crippen molar-refractivity contribution in [3.05, 3.63) is 41.1 Å². The average Bonchev–Trinajstić information content (AvgIpc) is 2.74. The molecule has 2 aromatic heterocycles. The standard InChI is InChI=1S/C13H12N4O2/c1-14-12-15-6-9(7-16-12)8-3-4-11-10(5-8)17(2)13(18)19-11/h3-7H,1-2H3,(H,14,15,16). The highest BCUT2D eigenvalue weighted by molar-refractivity contribution is 5.80. The van der Waals surface area contributed by atoms with Gasteiger partial charge in [-0.3, -0.25) is 4.57 Å². The van der Waals surface area contributed by atoms with E-state index in [0.717, 1.165) is 16.6 Å². The van der Waals surface area contributed by atoms with Crippen molar-refractivity contribution >= 4 is 17.0 Å². The second kappa shape index (κ2) is 4.24. The molecule has 3 rings (SSSR count). The van der Waals surface area contributed by atoms with Crippen LogP contribution in [0.4, 0.5) is 5.95 Å². The fourth-order valence-electron chi connectivity index (χ4n) is 1.91. The minimum atomic E-state index is -0.367. The molecule has 2 heterocycles. The molecule has 1 N–H and O–H groups in total. The van der Waals surface area contributed by atoms with Gasteiger partial charge in [-0.15, -0.1) is 0 Å². The maximum absolute atomic E-state index is 11.4. The third-order valence-corrected chi connectivity index (χ3v) is 3.00. The molecule has 0 fully saturated rings. The minimum absolute atomic E-state index is 0.367. The van der Waals surface area contributed by atoms with Crippen LogP contribution in [0.1, 0.15) is 0 Å². The topological polar surface area (TPSA) is 73.0 Å². The summed E-state index contributed by atoms with van der Waals surface area (Å²) in [5.74, 6) is 0.203. The molecule has 96 valence electrons. The van der Waals surface area contributed by atoms with Crippen LogP contribution in [-0.2, 0) is 7.05 Å². The van der Waals surface area contributed by atoms with Crippen molar-refractivity contribution in [1.29, 1.82) is 0 Å². The Morgan fingerprint density at radius 3 is 2.63 bits per heavy atom. The second-order valence-corrected chi connectivity index (χ2v) is 4.15. The first-order valence-electron chi connectivity index (χ1n) is 5.79. The molecule has 0 aliphatic heterocycles. The van der Waals surface area contributed by atoms with E-state index in [-0.39, 0.29) is 5.76 Å². The monoisotopic (exact) mass is 256 g/mol. The van der Waals surface area contributed by atoms with Crippen LogP contribution in [0.5, 0.6) is 0 Å². The fraction of sp³-hybridized carbons (Fsp3) is 0.154. The normalized spacial score (nSPS) is 10.8. The van der Waals surface area contributed by atoms with E-state index < -0.39 is 0 Å². The Kier molecular flexibility index (Phi) is 2.56. The van der Waals surface area contributed by atoms with Crippen molar-refractivity contribution in [3.63, 3.8) is 0 Å². The molecule has 19 heavy (non-hydrogen) atoms. The highest BCUT2D eigenvalue weighted by Crippen LogP contribution is 2.23. The summed E-state index contributed by atoms with van der Waals surface area (Å²) in [5.41, 5.74) is 3.14. The lowest BCUT2D eigenvalue weighted by molar-refractivity contribution is 0.528. The average molecular weight is 256 g/mol. The van der Waals surface area contributed by atoms with Crippen LogP contribution in [0.25, 0.3) is 22.2 Å². The number of nitrogens with zero attached hydrogens (tertiary/aromatic N) is 3. The molecule has 0 amide bonds. The molecule has 1 aromatic carbocycles. The predicted molar refractivity (Wildman–Crippen MR) is 72.0 cm³/mol. The van der Waals surface area contributed by atoms with Gasteiger partial charge < -0.3 is 9.73 Å². The van der Waals surface area contributed by atoms with Gasteiger partial charge in [0.1, 0.15) is 0 Å². The first kappa shape index (κ1) is 11.5. The smallest absolute Gasteiger partial charge is 0.408 e. The lowest BCUT2D eigenvalue weighted by Crippen LogP contribution is -2.08. The Morgan fingerprint density at radius 2 is 1.95 bits per heavy atom. The molecule has 0 bridgehead atoms. The summed E-state index contributed by atoms with van der Waals surface area (Å²) in [7, 11) is 3.45. The van der Waals surface area contributed by atoms with Crippen molar-refractivity contribution in [2.75, 3.05) is 12.4 Å². The Morgan fingerprint density at radius 1 is 1.21 bits per heavy atom. The molecule has 0 atom stereocenters. The van der Waals surface area contributed by atoms with E-state index in [1.54, 1.807) is 32.6 Å². The van der Waals surface area contributed by atoms with Gasteiger partial charge in [0.15, 0.2) is 5.58 Å². The molecule has 6 nitrogen and oxygen atoms in total. The zero-order valence-electron chi connectivity index (χ0n) is 10.5. The Balaban J connectivity index is 2.13. The Labute approximate surface area is 108 Å². The summed E-state index contributed by atoms with van der Waals surface area (Å²) in [6.07, 6.45) is 3.47. The number of benzene rings is 1. The van der Waals surface area contributed by atoms with Crippen LogP contribution in [0.15, 0.2) is 39.8 Å². The van der Waals surface area contributed by atoms with Gasteiger partial charge in [0.05, 0.1) is 5.52 Å². The van der Waals surface area contributed by atoms with Gasteiger partial charge in [0.2, 0.25) is 5.95 Å². The van der Waals surface area contributed by atoms with E-state index in [1.165, 1.54) is 4.57 Å². The number of aromatic nitrogens is 3. The van der Waals surface area contributed by atoms with Crippen LogP contribution in [0.3, 0.4) is 0 Å². The molecule has 0 saturated heterocycles. The molecule has 0 saturated carbocycles. The Hall–Kier alpha value is -2.63. The summed E-state index contributed by atoms with van der Waals surface area (Å²) in [6, 6.07) is 5.54. The number of fused-ring (bicyclic) bond motifs is 1. The quantitative estimate of drug-likeness (QED) is 0.754. The summed E-state index contributed by atoms with van der Waals surface area (Å²) >= 11 is 0. The van der Waals surface area contributed by atoms with E-state index in [0.29, 0.717) is 11.5 Å². The highest BCUT2D eigenvalue weighted by atomic mass is 16.4. The maximum Gasteiger partial charge on any atom is 0.419 e. The molecule has 0 radical (unpaired) electrons. The van der Waals surface area contributed by atoms with E-state index in [1.807, 2.05) is 12.1 Å². The molecular weight excluding hydrogens is 244 g/mol. The van der Waals surface area contributed by atoms with Gasteiger partial charge in [0.25, 0.3) is 0 Å². The lowest BCUT2D eigenvalue weighted by atomic mass is 10.1.